The highest BCUT2D eigenvalue weighted by Gasteiger charge is 2.36. The van der Waals surface area contributed by atoms with Crippen LogP contribution in [-0.2, 0) is 21.5 Å². The van der Waals surface area contributed by atoms with Gasteiger partial charge in [-0.25, -0.2) is 0 Å². The quantitative estimate of drug-likeness (QED) is 0.662. The molecule has 0 fully saturated rings. The molecule has 1 aromatic rings. The van der Waals surface area contributed by atoms with Gasteiger partial charge in [-0.3, -0.25) is 4.79 Å². The Morgan fingerprint density at radius 3 is 2.85 bits per heavy atom. The van der Waals surface area contributed by atoms with E-state index in [9.17, 15) is 4.79 Å². The van der Waals surface area contributed by atoms with Crippen molar-refractivity contribution in [2.45, 2.75) is 51.5 Å². The van der Waals surface area contributed by atoms with Crippen LogP contribution in [0.1, 0.15) is 50.7 Å². The zero-order chi connectivity index (χ0) is 14.4. The highest BCUT2D eigenvalue weighted by atomic mass is 16.5. The summed E-state index contributed by atoms with van der Waals surface area (Å²) >= 11 is 0. The summed E-state index contributed by atoms with van der Waals surface area (Å²) in [5.41, 5.74) is 2.40. The molecule has 0 saturated carbocycles. The minimum atomic E-state index is -0.256. The molecule has 1 N–H and O–H groups in total. The Hall–Kier alpha value is -1.35. The predicted octanol–water partition coefficient (Wildman–Crippen LogP) is 3.17. The Bertz CT molecular complexity index is 458. The van der Waals surface area contributed by atoms with Gasteiger partial charge in [0, 0.05) is 0 Å². The van der Waals surface area contributed by atoms with Gasteiger partial charge in [0.05, 0.1) is 18.6 Å². The van der Waals surface area contributed by atoms with Crippen molar-refractivity contribution >= 4 is 5.97 Å². The van der Waals surface area contributed by atoms with Crippen LogP contribution in [0.25, 0.3) is 0 Å². The minimum Gasteiger partial charge on any atom is -0.466 e. The Labute approximate surface area is 121 Å². The lowest BCUT2D eigenvalue weighted by molar-refractivity contribution is -0.145. The highest BCUT2D eigenvalue weighted by Crippen LogP contribution is 2.37. The molecule has 0 aliphatic heterocycles. The van der Waals surface area contributed by atoms with Gasteiger partial charge >= 0.3 is 5.97 Å². The molecule has 3 nitrogen and oxygen atoms in total. The number of ether oxygens (including phenoxy) is 1. The van der Waals surface area contributed by atoms with E-state index in [0.717, 1.165) is 25.8 Å². The molecule has 0 spiro atoms. The van der Waals surface area contributed by atoms with Gasteiger partial charge in [0.1, 0.15) is 0 Å². The smallest absolute Gasteiger partial charge is 0.308 e. The van der Waals surface area contributed by atoms with Crippen molar-refractivity contribution in [1.82, 2.24) is 5.32 Å². The second-order valence-electron chi connectivity index (χ2n) is 5.46. The first kappa shape index (κ1) is 15.0. The number of carbonyl (C=O) groups is 1. The number of hydrogen-bond acceptors (Lipinski definition) is 3. The number of rotatable bonds is 5. The third-order valence-corrected chi connectivity index (χ3v) is 4.10. The minimum absolute atomic E-state index is 0.106. The van der Waals surface area contributed by atoms with Gasteiger partial charge in [0.2, 0.25) is 0 Å². The molecular formula is C17H25NO2. The van der Waals surface area contributed by atoms with Crippen LogP contribution in [0.15, 0.2) is 24.3 Å². The van der Waals surface area contributed by atoms with Gasteiger partial charge in [0.25, 0.3) is 0 Å². The average Bonchev–Trinajstić information content (AvgIpc) is 2.60. The maximum Gasteiger partial charge on any atom is 0.308 e. The molecule has 1 aliphatic carbocycles. The lowest BCUT2D eigenvalue weighted by atomic mass is 9.81. The van der Waals surface area contributed by atoms with E-state index >= 15 is 0 Å². The molecule has 110 valence electrons. The van der Waals surface area contributed by atoms with Crippen LogP contribution in [0.5, 0.6) is 0 Å². The van der Waals surface area contributed by atoms with Gasteiger partial charge in [-0.2, -0.15) is 0 Å². The van der Waals surface area contributed by atoms with Gasteiger partial charge in [0.15, 0.2) is 0 Å². The highest BCUT2D eigenvalue weighted by molar-refractivity contribution is 5.71. The van der Waals surface area contributed by atoms with Gasteiger partial charge < -0.3 is 10.1 Å². The van der Waals surface area contributed by atoms with Crippen LogP contribution < -0.4 is 5.32 Å². The molecule has 2 rings (SSSR count). The third kappa shape index (κ3) is 3.21. The van der Waals surface area contributed by atoms with E-state index in [2.05, 4.69) is 36.5 Å². The van der Waals surface area contributed by atoms with Crippen LogP contribution in [0.2, 0.25) is 0 Å². The molecule has 0 saturated heterocycles. The zero-order valence-electron chi connectivity index (χ0n) is 12.6. The summed E-state index contributed by atoms with van der Waals surface area (Å²) in [6.45, 7) is 5.26. The molecule has 0 bridgehead atoms. The predicted molar refractivity (Wildman–Crippen MR) is 80.6 cm³/mol. The summed E-state index contributed by atoms with van der Waals surface area (Å²) in [4.78, 5) is 12.1. The molecule has 0 radical (unpaired) electrons. The molecule has 20 heavy (non-hydrogen) atoms. The van der Waals surface area contributed by atoms with Crippen molar-refractivity contribution in [3.63, 3.8) is 0 Å². The van der Waals surface area contributed by atoms with E-state index in [1.165, 1.54) is 17.5 Å². The molecule has 1 unspecified atom stereocenters. The van der Waals surface area contributed by atoms with Crippen LogP contribution in [-0.4, -0.2) is 19.1 Å². The van der Waals surface area contributed by atoms with E-state index in [-0.39, 0.29) is 11.5 Å². The van der Waals surface area contributed by atoms with Crippen molar-refractivity contribution in [2.75, 3.05) is 13.2 Å². The third-order valence-electron chi connectivity index (χ3n) is 4.10. The summed E-state index contributed by atoms with van der Waals surface area (Å²) in [6.07, 6.45) is 4.85. The number of nitrogens with one attached hydrogen (secondary N) is 1. The summed E-state index contributed by atoms with van der Waals surface area (Å²) in [5.74, 6) is -0.106. The fraction of sp³-hybridized carbons (Fsp3) is 0.588. The standard InChI is InChI=1S/C17H25NO2/c1-3-18-17(13-16(19)20-4-2)12-8-7-10-14-9-5-6-11-15(14)17/h5-6,9,11,18H,3-4,7-8,10,12-13H2,1-2H3. The van der Waals surface area contributed by atoms with Gasteiger partial charge in [-0.1, -0.05) is 37.6 Å². The Morgan fingerprint density at radius 1 is 1.30 bits per heavy atom. The van der Waals surface area contributed by atoms with Crippen molar-refractivity contribution in [2.24, 2.45) is 0 Å². The first-order chi connectivity index (χ1) is 9.72. The van der Waals surface area contributed by atoms with Gasteiger partial charge in [-0.15, -0.1) is 0 Å². The van der Waals surface area contributed by atoms with E-state index in [0.29, 0.717) is 13.0 Å². The van der Waals surface area contributed by atoms with Crippen LogP contribution in [0.3, 0.4) is 0 Å². The maximum atomic E-state index is 12.1. The van der Waals surface area contributed by atoms with Crippen LogP contribution >= 0.6 is 0 Å². The summed E-state index contributed by atoms with van der Waals surface area (Å²) in [7, 11) is 0. The number of esters is 1. The summed E-state index contributed by atoms with van der Waals surface area (Å²) < 4.78 is 5.19. The number of carbonyl (C=O) groups excluding carboxylic acids is 1. The fourth-order valence-electron chi connectivity index (χ4n) is 3.31. The van der Waals surface area contributed by atoms with E-state index in [1.807, 2.05) is 6.92 Å². The topological polar surface area (TPSA) is 38.3 Å². The molecule has 1 aromatic carbocycles. The summed E-state index contributed by atoms with van der Waals surface area (Å²) in [6, 6.07) is 8.52. The van der Waals surface area contributed by atoms with Crippen molar-refractivity contribution in [3.05, 3.63) is 35.4 Å². The number of aryl methyl sites for hydroxylation is 1. The molecule has 0 aromatic heterocycles. The van der Waals surface area contributed by atoms with Crippen molar-refractivity contribution in [3.8, 4) is 0 Å². The molecule has 0 amide bonds. The van der Waals surface area contributed by atoms with Gasteiger partial charge in [-0.05, 0) is 43.9 Å². The summed E-state index contributed by atoms with van der Waals surface area (Å²) in [5, 5.41) is 3.58. The molecule has 1 aliphatic rings. The Morgan fingerprint density at radius 2 is 2.10 bits per heavy atom. The van der Waals surface area contributed by atoms with Crippen LogP contribution in [0.4, 0.5) is 0 Å². The Kier molecular flexibility index (Phi) is 5.18. The molecular weight excluding hydrogens is 250 g/mol. The van der Waals surface area contributed by atoms with E-state index in [4.69, 9.17) is 4.74 Å². The Balaban J connectivity index is 2.36. The number of hydrogen-bond donors (Lipinski definition) is 1. The lowest BCUT2D eigenvalue weighted by Crippen LogP contribution is -2.44. The number of benzene rings is 1. The SMILES string of the molecule is CCNC1(CC(=O)OCC)CCCCc2ccccc21. The monoisotopic (exact) mass is 275 g/mol. The second kappa shape index (κ2) is 6.89. The molecule has 1 atom stereocenters. The first-order valence-corrected chi connectivity index (χ1v) is 7.71. The molecule has 3 heteroatoms. The van der Waals surface area contributed by atoms with Crippen molar-refractivity contribution in [1.29, 1.82) is 0 Å². The zero-order valence-corrected chi connectivity index (χ0v) is 12.6. The van der Waals surface area contributed by atoms with E-state index in [1.54, 1.807) is 0 Å². The normalized spacial score (nSPS) is 21.9. The molecule has 0 heterocycles. The maximum absolute atomic E-state index is 12.1. The fourth-order valence-corrected chi connectivity index (χ4v) is 3.31. The van der Waals surface area contributed by atoms with Crippen molar-refractivity contribution < 1.29 is 9.53 Å². The number of fused-ring (bicyclic) bond motifs is 1. The van der Waals surface area contributed by atoms with E-state index < -0.39 is 0 Å². The second-order valence-corrected chi connectivity index (χ2v) is 5.46. The van der Waals surface area contributed by atoms with Crippen LogP contribution in [0, 0.1) is 0 Å². The first-order valence-electron chi connectivity index (χ1n) is 7.71. The largest absolute Gasteiger partial charge is 0.466 e. The average molecular weight is 275 g/mol. The lowest BCUT2D eigenvalue weighted by Gasteiger charge is -2.35.